The number of ketones is 1. The van der Waals surface area contributed by atoms with E-state index in [2.05, 4.69) is 0 Å². The van der Waals surface area contributed by atoms with Crippen molar-refractivity contribution in [2.45, 2.75) is 6.10 Å². The number of hydrogen-bond acceptors (Lipinski definition) is 2. The van der Waals surface area contributed by atoms with Crippen LogP contribution < -0.4 is 0 Å². The van der Waals surface area contributed by atoms with E-state index in [1.165, 1.54) is 0 Å². The number of fused-ring (bicyclic) bond motifs is 2. The van der Waals surface area contributed by atoms with Crippen molar-refractivity contribution in [3.63, 3.8) is 0 Å². The lowest BCUT2D eigenvalue weighted by Crippen LogP contribution is -2.19. The van der Waals surface area contributed by atoms with E-state index >= 15 is 0 Å². The summed E-state index contributed by atoms with van der Waals surface area (Å²) in [7, 11) is 0. The summed E-state index contributed by atoms with van der Waals surface area (Å²) in [6, 6.07) is 12.2. The Balaban J connectivity index is 2.33. The van der Waals surface area contributed by atoms with E-state index in [-0.39, 0.29) is 5.78 Å². The Hall–Kier alpha value is -1.64. The maximum atomic E-state index is 12.2. The molecule has 2 nitrogen and oxygen atoms in total. The molecule has 84 valence electrons. The molecule has 1 aliphatic rings. The van der Waals surface area contributed by atoms with Crippen LogP contribution in [0.4, 0.5) is 0 Å². The van der Waals surface area contributed by atoms with Gasteiger partial charge in [-0.3, -0.25) is 4.79 Å². The topological polar surface area (TPSA) is 37.3 Å². The zero-order valence-electron chi connectivity index (χ0n) is 8.85. The monoisotopic (exact) mass is 244 g/mol. The standard InChI is InChI=1S/C14H9ClO2/c15-11-7-3-6-10-12(11)14(17)9-5-2-1-4-8(9)13(10)16/h1-7,14,17H. The normalized spacial score (nSPS) is 17.5. The van der Waals surface area contributed by atoms with Crippen molar-refractivity contribution in [2.24, 2.45) is 0 Å². The van der Waals surface area contributed by atoms with Gasteiger partial charge in [-0.15, -0.1) is 0 Å². The number of benzene rings is 2. The van der Waals surface area contributed by atoms with Crippen LogP contribution in [0.1, 0.15) is 33.2 Å². The number of carbonyl (C=O) groups is 1. The second-order valence-electron chi connectivity index (χ2n) is 4.02. The van der Waals surface area contributed by atoms with Gasteiger partial charge >= 0.3 is 0 Å². The van der Waals surface area contributed by atoms with Gasteiger partial charge in [0.05, 0.1) is 0 Å². The fraction of sp³-hybridized carbons (Fsp3) is 0.0714. The van der Waals surface area contributed by atoms with Gasteiger partial charge in [0.1, 0.15) is 6.10 Å². The van der Waals surface area contributed by atoms with E-state index in [1.54, 1.807) is 42.5 Å². The third kappa shape index (κ3) is 1.42. The summed E-state index contributed by atoms with van der Waals surface area (Å²) in [6.45, 7) is 0. The molecule has 2 aromatic carbocycles. The average Bonchev–Trinajstić information content (AvgIpc) is 2.36. The van der Waals surface area contributed by atoms with Crippen LogP contribution in [0.5, 0.6) is 0 Å². The third-order valence-corrected chi connectivity index (χ3v) is 3.40. The summed E-state index contributed by atoms with van der Waals surface area (Å²) in [5.41, 5.74) is 2.18. The van der Waals surface area contributed by atoms with Gasteiger partial charge in [-0.2, -0.15) is 0 Å². The Bertz CT molecular complexity index is 619. The Morgan fingerprint density at radius 2 is 1.71 bits per heavy atom. The molecule has 0 aliphatic heterocycles. The molecular formula is C14H9ClO2. The maximum Gasteiger partial charge on any atom is 0.193 e. The predicted molar refractivity (Wildman–Crippen MR) is 65.4 cm³/mol. The minimum atomic E-state index is -0.826. The van der Waals surface area contributed by atoms with E-state index in [9.17, 15) is 9.90 Å². The van der Waals surface area contributed by atoms with Gasteiger partial charge in [0.15, 0.2) is 5.78 Å². The van der Waals surface area contributed by atoms with Gasteiger partial charge in [0.25, 0.3) is 0 Å². The van der Waals surface area contributed by atoms with Gasteiger partial charge in [-0.25, -0.2) is 0 Å². The van der Waals surface area contributed by atoms with Crippen LogP contribution >= 0.6 is 11.6 Å². The first-order valence-corrected chi connectivity index (χ1v) is 5.68. The van der Waals surface area contributed by atoms with Crippen molar-refractivity contribution >= 4 is 17.4 Å². The number of aliphatic hydroxyl groups is 1. The molecule has 1 N–H and O–H groups in total. The summed E-state index contributed by atoms with van der Waals surface area (Å²) in [5, 5.41) is 10.7. The van der Waals surface area contributed by atoms with Crippen molar-refractivity contribution in [1.82, 2.24) is 0 Å². The van der Waals surface area contributed by atoms with Crippen molar-refractivity contribution in [3.8, 4) is 0 Å². The van der Waals surface area contributed by atoms with Crippen LogP contribution in [-0.2, 0) is 0 Å². The number of rotatable bonds is 0. The molecule has 3 rings (SSSR count). The summed E-state index contributed by atoms with van der Waals surface area (Å²) >= 11 is 6.06. The Morgan fingerprint density at radius 1 is 1.00 bits per heavy atom. The summed E-state index contributed by atoms with van der Waals surface area (Å²) < 4.78 is 0. The van der Waals surface area contributed by atoms with Crippen LogP contribution in [0, 0.1) is 0 Å². The smallest absolute Gasteiger partial charge is 0.193 e. The molecule has 0 aromatic heterocycles. The van der Waals surface area contributed by atoms with Crippen molar-refractivity contribution in [2.75, 3.05) is 0 Å². The van der Waals surface area contributed by atoms with E-state index in [1.807, 2.05) is 0 Å². The SMILES string of the molecule is O=C1c2ccccc2C(O)c2c(Cl)cccc21. The van der Waals surface area contributed by atoms with Gasteiger partial charge in [0.2, 0.25) is 0 Å². The van der Waals surface area contributed by atoms with Crippen LogP contribution in [0.2, 0.25) is 5.02 Å². The van der Waals surface area contributed by atoms with E-state index < -0.39 is 6.10 Å². The average molecular weight is 245 g/mol. The summed E-state index contributed by atoms with van der Waals surface area (Å²) in [6.07, 6.45) is -0.826. The number of hydrogen-bond donors (Lipinski definition) is 1. The molecule has 0 spiro atoms. The van der Waals surface area contributed by atoms with Gasteiger partial charge in [0, 0.05) is 21.7 Å². The molecule has 0 radical (unpaired) electrons. The van der Waals surface area contributed by atoms with Gasteiger partial charge in [-0.05, 0) is 11.6 Å². The predicted octanol–water partition coefficient (Wildman–Crippen LogP) is 2.97. The number of halogens is 1. The second-order valence-corrected chi connectivity index (χ2v) is 4.43. The fourth-order valence-corrected chi connectivity index (χ4v) is 2.53. The van der Waals surface area contributed by atoms with Gasteiger partial charge in [-0.1, -0.05) is 48.0 Å². The molecule has 17 heavy (non-hydrogen) atoms. The summed E-state index contributed by atoms with van der Waals surface area (Å²) in [4.78, 5) is 12.2. The minimum absolute atomic E-state index is 0.0802. The van der Waals surface area contributed by atoms with Crippen molar-refractivity contribution < 1.29 is 9.90 Å². The van der Waals surface area contributed by atoms with Crippen LogP contribution in [0.25, 0.3) is 0 Å². The Labute approximate surface area is 103 Å². The number of aliphatic hydroxyl groups excluding tert-OH is 1. The lowest BCUT2D eigenvalue weighted by molar-refractivity contribution is 0.101. The zero-order valence-corrected chi connectivity index (χ0v) is 9.61. The largest absolute Gasteiger partial charge is 0.384 e. The highest BCUT2D eigenvalue weighted by molar-refractivity contribution is 6.32. The molecule has 3 heteroatoms. The molecule has 0 amide bonds. The fourth-order valence-electron chi connectivity index (χ4n) is 2.26. The quantitative estimate of drug-likeness (QED) is 0.774. The minimum Gasteiger partial charge on any atom is -0.384 e. The number of carbonyl (C=O) groups excluding carboxylic acids is 1. The van der Waals surface area contributed by atoms with Crippen LogP contribution in [0.15, 0.2) is 42.5 Å². The second kappa shape index (κ2) is 3.69. The molecule has 0 saturated carbocycles. The van der Waals surface area contributed by atoms with E-state index in [0.717, 1.165) is 0 Å². The van der Waals surface area contributed by atoms with Crippen molar-refractivity contribution in [3.05, 3.63) is 69.7 Å². The zero-order chi connectivity index (χ0) is 12.0. The first kappa shape index (κ1) is 10.5. The molecular weight excluding hydrogens is 236 g/mol. The maximum absolute atomic E-state index is 12.2. The highest BCUT2D eigenvalue weighted by Gasteiger charge is 2.30. The Morgan fingerprint density at radius 3 is 2.53 bits per heavy atom. The highest BCUT2D eigenvalue weighted by Crippen LogP contribution is 2.38. The molecule has 1 aliphatic carbocycles. The van der Waals surface area contributed by atoms with Gasteiger partial charge < -0.3 is 5.11 Å². The first-order valence-electron chi connectivity index (χ1n) is 5.30. The highest BCUT2D eigenvalue weighted by atomic mass is 35.5. The molecule has 2 aromatic rings. The molecule has 0 heterocycles. The molecule has 0 bridgehead atoms. The summed E-state index contributed by atoms with van der Waals surface area (Å²) in [5.74, 6) is -0.0802. The van der Waals surface area contributed by atoms with Crippen LogP contribution in [-0.4, -0.2) is 10.9 Å². The molecule has 0 fully saturated rings. The Kier molecular flexibility index (Phi) is 2.28. The van der Waals surface area contributed by atoms with Crippen LogP contribution in [0.3, 0.4) is 0 Å². The lowest BCUT2D eigenvalue weighted by atomic mass is 9.83. The first-order chi connectivity index (χ1) is 8.20. The molecule has 0 saturated heterocycles. The van der Waals surface area contributed by atoms with E-state index in [4.69, 9.17) is 11.6 Å². The molecule has 1 atom stereocenters. The molecule has 1 unspecified atom stereocenters. The van der Waals surface area contributed by atoms with Crippen molar-refractivity contribution in [1.29, 1.82) is 0 Å². The lowest BCUT2D eigenvalue weighted by Gasteiger charge is -2.24. The van der Waals surface area contributed by atoms with E-state index in [0.29, 0.717) is 27.3 Å². The third-order valence-electron chi connectivity index (χ3n) is 3.07.